The molecule has 170 valence electrons. The molecule has 34 heavy (non-hydrogen) atoms. The Kier molecular flexibility index (Phi) is 5.39. The van der Waals surface area contributed by atoms with Crippen molar-refractivity contribution in [1.82, 2.24) is 19.8 Å². The summed E-state index contributed by atoms with van der Waals surface area (Å²) in [4.78, 5) is 15.9. The van der Waals surface area contributed by atoms with E-state index in [9.17, 15) is 13.2 Å². The summed E-state index contributed by atoms with van der Waals surface area (Å²) in [5, 5.41) is 14.8. The first-order valence-corrected chi connectivity index (χ1v) is 12.0. The minimum absolute atomic E-state index is 0.0797. The maximum atomic E-state index is 13.3. The Labute approximate surface area is 199 Å². The van der Waals surface area contributed by atoms with Gasteiger partial charge < -0.3 is 10.6 Å². The highest BCUT2D eigenvalue weighted by atomic mass is 35.5. The zero-order valence-electron chi connectivity index (χ0n) is 17.7. The lowest BCUT2D eigenvalue weighted by Crippen LogP contribution is -2.06. The lowest BCUT2D eigenvalue weighted by molar-refractivity contribution is -0.114. The third-order valence-corrected chi connectivity index (χ3v) is 6.95. The molecule has 11 heteroatoms. The molecular weight excluding hydrogens is 476 g/mol. The van der Waals surface area contributed by atoms with Gasteiger partial charge in [0.1, 0.15) is 5.82 Å². The fourth-order valence-corrected chi connectivity index (χ4v) is 4.95. The Bertz CT molecular complexity index is 1650. The second-order valence-electron chi connectivity index (χ2n) is 7.45. The third kappa shape index (κ3) is 3.93. The van der Waals surface area contributed by atoms with Crippen LogP contribution in [0.4, 0.5) is 17.2 Å². The number of nitrogens with one attached hydrogen (secondary N) is 2. The Morgan fingerprint density at radius 3 is 2.38 bits per heavy atom. The van der Waals surface area contributed by atoms with Crippen molar-refractivity contribution in [3.05, 3.63) is 77.8 Å². The zero-order valence-corrected chi connectivity index (χ0v) is 19.3. The monoisotopic (exact) mass is 492 g/mol. The van der Waals surface area contributed by atoms with Crippen molar-refractivity contribution in [3.8, 4) is 0 Å². The number of nitrogens with zero attached hydrogens (tertiary/aromatic N) is 4. The Balaban J connectivity index is 1.67. The van der Waals surface area contributed by atoms with E-state index in [0.29, 0.717) is 33.1 Å². The van der Waals surface area contributed by atoms with Crippen LogP contribution in [0.1, 0.15) is 6.92 Å². The Morgan fingerprint density at radius 2 is 1.68 bits per heavy atom. The molecule has 0 aliphatic heterocycles. The van der Waals surface area contributed by atoms with E-state index in [4.69, 9.17) is 11.6 Å². The molecule has 0 aliphatic carbocycles. The first-order valence-electron chi connectivity index (χ1n) is 10.1. The summed E-state index contributed by atoms with van der Waals surface area (Å²) in [6.45, 7) is 1.43. The molecule has 0 saturated carbocycles. The fraction of sp³-hybridized carbons (Fsp3) is 0.0435. The third-order valence-electron chi connectivity index (χ3n) is 5.05. The van der Waals surface area contributed by atoms with E-state index in [-0.39, 0.29) is 21.5 Å². The van der Waals surface area contributed by atoms with Gasteiger partial charge in [-0.2, -0.15) is 4.52 Å². The lowest BCUT2D eigenvalue weighted by Gasteiger charge is -2.12. The number of anilines is 3. The minimum atomic E-state index is -3.96. The molecule has 5 aromatic rings. The molecule has 1 amide bonds. The first kappa shape index (κ1) is 21.8. The van der Waals surface area contributed by atoms with E-state index >= 15 is 0 Å². The number of amides is 1. The average molecular weight is 493 g/mol. The second-order valence-corrected chi connectivity index (χ2v) is 9.75. The number of hydrogen-bond donors (Lipinski definition) is 2. The summed E-state index contributed by atoms with van der Waals surface area (Å²) in [6.07, 6.45) is 0. The molecule has 0 atom stereocenters. The van der Waals surface area contributed by atoms with Gasteiger partial charge >= 0.3 is 0 Å². The molecule has 3 aromatic carbocycles. The van der Waals surface area contributed by atoms with Crippen molar-refractivity contribution >= 4 is 61.1 Å². The molecule has 5 rings (SSSR count). The van der Waals surface area contributed by atoms with Gasteiger partial charge in [-0.1, -0.05) is 35.0 Å². The van der Waals surface area contributed by atoms with Crippen LogP contribution >= 0.6 is 11.6 Å². The van der Waals surface area contributed by atoms with E-state index in [2.05, 4.69) is 25.9 Å². The topological polar surface area (TPSA) is 118 Å². The van der Waals surface area contributed by atoms with E-state index < -0.39 is 9.84 Å². The number of carbonyl (C=O) groups is 1. The van der Waals surface area contributed by atoms with Crippen molar-refractivity contribution in [2.75, 3.05) is 10.6 Å². The zero-order chi connectivity index (χ0) is 23.9. The Morgan fingerprint density at radius 1 is 0.971 bits per heavy atom. The SMILES string of the molecule is CC(=O)Nc1ccc(Nc2nc3c(S(=O)(=O)c4ccccc4)nnn3c3ccc(Cl)cc23)cc1. The van der Waals surface area contributed by atoms with E-state index in [1.54, 1.807) is 60.7 Å². The van der Waals surface area contributed by atoms with Gasteiger partial charge in [0.15, 0.2) is 5.65 Å². The number of aromatic nitrogens is 4. The number of benzene rings is 3. The number of rotatable bonds is 5. The van der Waals surface area contributed by atoms with Gasteiger partial charge in [-0.25, -0.2) is 13.4 Å². The molecule has 2 N–H and O–H groups in total. The summed E-state index contributed by atoms with van der Waals surface area (Å²) in [7, 11) is -3.96. The van der Waals surface area contributed by atoms with Crippen molar-refractivity contribution in [2.24, 2.45) is 0 Å². The van der Waals surface area contributed by atoms with E-state index in [0.717, 1.165) is 0 Å². The van der Waals surface area contributed by atoms with Crippen molar-refractivity contribution in [3.63, 3.8) is 0 Å². The molecule has 0 aliphatic rings. The van der Waals surface area contributed by atoms with Crippen LogP contribution in [0.2, 0.25) is 5.02 Å². The number of sulfone groups is 1. The van der Waals surface area contributed by atoms with Gasteiger partial charge in [-0.3, -0.25) is 4.79 Å². The number of hydrogen-bond acceptors (Lipinski definition) is 7. The highest BCUT2D eigenvalue weighted by Gasteiger charge is 2.27. The molecule has 0 spiro atoms. The van der Waals surface area contributed by atoms with Gasteiger partial charge in [-0.15, -0.1) is 5.10 Å². The lowest BCUT2D eigenvalue weighted by atomic mass is 10.2. The molecule has 0 unspecified atom stereocenters. The largest absolute Gasteiger partial charge is 0.340 e. The maximum absolute atomic E-state index is 13.3. The molecule has 9 nitrogen and oxygen atoms in total. The van der Waals surface area contributed by atoms with Crippen LogP contribution in [0.25, 0.3) is 16.6 Å². The quantitative estimate of drug-likeness (QED) is 0.371. The van der Waals surface area contributed by atoms with Crippen LogP contribution in [0.15, 0.2) is 82.7 Å². The number of carbonyl (C=O) groups excluding carboxylic acids is 1. The van der Waals surface area contributed by atoms with Crippen molar-refractivity contribution in [2.45, 2.75) is 16.8 Å². The van der Waals surface area contributed by atoms with E-state index in [1.165, 1.54) is 23.6 Å². The molecular formula is C23H17ClN6O3S. The normalized spacial score (nSPS) is 11.6. The summed E-state index contributed by atoms with van der Waals surface area (Å²) in [5.41, 5.74) is 1.97. The fourth-order valence-electron chi connectivity index (χ4n) is 3.53. The molecule has 2 aromatic heterocycles. The first-order chi connectivity index (χ1) is 16.3. The van der Waals surface area contributed by atoms with Gasteiger partial charge in [0.05, 0.1) is 10.4 Å². The van der Waals surface area contributed by atoms with Gasteiger partial charge in [0, 0.05) is 28.7 Å². The molecule has 0 fully saturated rings. The van der Waals surface area contributed by atoms with Crippen LogP contribution in [-0.2, 0) is 14.6 Å². The molecule has 0 bridgehead atoms. The van der Waals surface area contributed by atoms with Gasteiger partial charge in [0.25, 0.3) is 0 Å². The van der Waals surface area contributed by atoms with Crippen LogP contribution in [0, 0.1) is 0 Å². The predicted octanol–water partition coefficient (Wildman–Crippen LogP) is 4.47. The summed E-state index contributed by atoms with van der Waals surface area (Å²) < 4.78 is 27.9. The Hall–Kier alpha value is -4.02. The van der Waals surface area contributed by atoms with Gasteiger partial charge in [-0.05, 0) is 54.6 Å². The maximum Gasteiger partial charge on any atom is 0.229 e. The molecule has 0 saturated heterocycles. The smallest absolute Gasteiger partial charge is 0.229 e. The summed E-state index contributed by atoms with van der Waals surface area (Å²) in [6, 6.07) is 20.1. The van der Waals surface area contributed by atoms with Crippen LogP contribution in [-0.4, -0.2) is 34.1 Å². The van der Waals surface area contributed by atoms with Crippen LogP contribution in [0.3, 0.4) is 0 Å². The predicted molar refractivity (Wildman–Crippen MR) is 129 cm³/mol. The highest BCUT2D eigenvalue weighted by Crippen LogP contribution is 2.31. The molecule has 2 heterocycles. The van der Waals surface area contributed by atoms with Crippen molar-refractivity contribution in [1.29, 1.82) is 0 Å². The molecule has 0 radical (unpaired) electrons. The standard InChI is InChI=1S/C23H17ClN6O3S/c1-14(31)25-16-8-10-17(11-9-16)26-21-19-13-15(24)7-12-20(19)30-22(27-21)23(28-29-30)34(32,33)18-5-3-2-4-6-18/h2-13H,1H3,(H,25,31)(H,26,27). The number of fused-ring (bicyclic) bond motifs is 3. The number of halogens is 1. The van der Waals surface area contributed by atoms with E-state index in [1.807, 2.05) is 0 Å². The highest BCUT2D eigenvalue weighted by molar-refractivity contribution is 7.91. The summed E-state index contributed by atoms with van der Waals surface area (Å²) >= 11 is 6.23. The van der Waals surface area contributed by atoms with Crippen LogP contribution in [0.5, 0.6) is 0 Å². The second kappa shape index (κ2) is 8.40. The average Bonchev–Trinajstić information content (AvgIpc) is 3.25. The minimum Gasteiger partial charge on any atom is -0.340 e. The summed E-state index contributed by atoms with van der Waals surface area (Å²) in [5.74, 6) is 0.206. The van der Waals surface area contributed by atoms with Crippen LogP contribution < -0.4 is 10.6 Å². The van der Waals surface area contributed by atoms with Crippen molar-refractivity contribution < 1.29 is 13.2 Å². The van der Waals surface area contributed by atoms with Gasteiger partial charge in [0.2, 0.25) is 20.8 Å².